The fraction of sp³-hybridized carbons (Fsp3) is 0.692. The molecule has 2 atom stereocenters. The summed E-state index contributed by atoms with van der Waals surface area (Å²) in [5, 5.41) is 6.95. The second-order valence-electron chi connectivity index (χ2n) is 5.42. The minimum atomic E-state index is -0.120. The second-order valence-corrected chi connectivity index (χ2v) is 5.42. The van der Waals surface area contributed by atoms with E-state index in [1.165, 1.54) is 36.6 Å². The van der Waals surface area contributed by atoms with Crippen molar-refractivity contribution in [1.29, 1.82) is 0 Å². The van der Waals surface area contributed by atoms with E-state index in [-0.39, 0.29) is 5.91 Å². The topological polar surface area (TPSA) is 72.9 Å². The van der Waals surface area contributed by atoms with Gasteiger partial charge >= 0.3 is 0 Å². The zero-order valence-corrected chi connectivity index (χ0v) is 11.1. The van der Waals surface area contributed by atoms with Crippen LogP contribution in [0.1, 0.15) is 43.1 Å². The quantitative estimate of drug-likeness (QED) is 0.855. The van der Waals surface area contributed by atoms with E-state index in [1.54, 1.807) is 7.05 Å². The minimum Gasteiger partial charge on any atom is -0.396 e. The first kappa shape index (κ1) is 12.9. The van der Waals surface area contributed by atoms with Crippen molar-refractivity contribution < 1.29 is 4.79 Å². The molecule has 1 aliphatic rings. The molecule has 1 heterocycles. The van der Waals surface area contributed by atoms with Crippen LogP contribution in [0.25, 0.3) is 0 Å². The summed E-state index contributed by atoms with van der Waals surface area (Å²) >= 11 is 0. The number of nitrogens with zero attached hydrogens (tertiary/aromatic N) is 2. The Kier molecular flexibility index (Phi) is 3.89. The maximum absolute atomic E-state index is 12.0. The van der Waals surface area contributed by atoms with Crippen LogP contribution in [0.5, 0.6) is 0 Å². The van der Waals surface area contributed by atoms with Crippen LogP contribution in [0.2, 0.25) is 0 Å². The molecule has 0 spiro atoms. The number of aromatic nitrogens is 2. The highest BCUT2D eigenvalue weighted by molar-refractivity contribution is 5.97. The predicted octanol–water partition coefficient (Wildman–Crippen LogP) is 1.56. The van der Waals surface area contributed by atoms with Gasteiger partial charge in [-0.05, 0) is 24.7 Å². The number of carbonyl (C=O) groups excluding carboxylic acids is 1. The van der Waals surface area contributed by atoms with Crippen molar-refractivity contribution in [2.24, 2.45) is 18.9 Å². The van der Waals surface area contributed by atoms with Gasteiger partial charge in [0.05, 0.1) is 11.9 Å². The molecule has 2 unspecified atom stereocenters. The Morgan fingerprint density at radius 2 is 2.39 bits per heavy atom. The molecule has 1 aromatic heterocycles. The molecule has 1 saturated carbocycles. The highest BCUT2D eigenvalue weighted by Gasteiger charge is 2.21. The molecule has 1 aliphatic carbocycles. The molecular weight excluding hydrogens is 228 g/mol. The first-order valence-corrected chi connectivity index (χ1v) is 6.63. The summed E-state index contributed by atoms with van der Waals surface area (Å²) in [4.78, 5) is 12.0. The molecule has 5 nitrogen and oxygen atoms in total. The van der Waals surface area contributed by atoms with Gasteiger partial charge in [0.25, 0.3) is 5.91 Å². The van der Waals surface area contributed by atoms with Crippen LogP contribution in [0.3, 0.4) is 0 Å². The molecule has 2 rings (SSSR count). The van der Waals surface area contributed by atoms with E-state index >= 15 is 0 Å². The molecule has 18 heavy (non-hydrogen) atoms. The zero-order chi connectivity index (χ0) is 13.1. The molecule has 0 aliphatic heterocycles. The highest BCUT2D eigenvalue weighted by Crippen LogP contribution is 2.28. The van der Waals surface area contributed by atoms with E-state index < -0.39 is 0 Å². The normalized spacial score (nSPS) is 23.9. The number of amides is 1. The van der Waals surface area contributed by atoms with Crippen molar-refractivity contribution in [3.63, 3.8) is 0 Å². The van der Waals surface area contributed by atoms with Crippen LogP contribution in [0.15, 0.2) is 6.20 Å². The number of anilines is 1. The molecule has 1 fully saturated rings. The first-order valence-electron chi connectivity index (χ1n) is 6.63. The van der Waals surface area contributed by atoms with Crippen LogP contribution < -0.4 is 11.1 Å². The van der Waals surface area contributed by atoms with Crippen LogP contribution in [0.4, 0.5) is 5.69 Å². The molecule has 0 saturated heterocycles. The van der Waals surface area contributed by atoms with Crippen molar-refractivity contribution in [3.8, 4) is 0 Å². The van der Waals surface area contributed by atoms with Crippen molar-refractivity contribution in [1.82, 2.24) is 15.1 Å². The SMILES string of the molecule is CC1CCCC(CNC(=O)c2c(N)cnn2C)C1. The van der Waals surface area contributed by atoms with E-state index in [1.807, 2.05) is 0 Å². The lowest BCUT2D eigenvalue weighted by Gasteiger charge is -2.26. The van der Waals surface area contributed by atoms with E-state index in [4.69, 9.17) is 5.73 Å². The summed E-state index contributed by atoms with van der Waals surface area (Å²) in [6.45, 7) is 3.03. The Morgan fingerprint density at radius 3 is 3.00 bits per heavy atom. The summed E-state index contributed by atoms with van der Waals surface area (Å²) in [5.41, 5.74) is 6.62. The fourth-order valence-corrected chi connectivity index (χ4v) is 2.80. The van der Waals surface area contributed by atoms with Gasteiger partial charge in [-0.25, -0.2) is 0 Å². The number of nitrogen functional groups attached to an aromatic ring is 1. The van der Waals surface area contributed by atoms with E-state index in [0.717, 1.165) is 12.5 Å². The average molecular weight is 250 g/mol. The summed E-state index contributed by atoms with van der Waals surface area (Å²) in [6, 6.07) is 0. The highest BCUT2D eigenvalue weighted by atomic mass is 16.2. The third kappa shape index (κ3) is 2.83. The standard InChI is InChI=1S/C13H22N4O/c1-9-4-3-5-10(6-9)7-15-13(18)12-11(14)8-16-17(12)2/h8-10H,3-7,14H2,1-2H3,(H,15,18). The molecule has 1 amide bonds. The fourth-order valence-electron chi connectivity index (χ4n) is 2.80. The Labute approximate surface area is 108 Å². The Bertz CT molecular complexity index is 407. The number of carbonyl (C=O) groups is 1. The summed E-state index contributed by atoms with van der Waals surface area (Å²) in [5.74, 6) is 1.26. The molecule has 1 aromatic rings. The molecule has 5 heteroatoms. The van der Waals surface area contributed by atoms with E-state index in [2.05, 4.69) is 17.3 Å². The van der Waals surface area contributed by atoms with Gasteiger partial charge in [0.15, 0.2) is 0 Å². The van der Waals surface area contributed by atoms with Gasteiger partial charge in [-0.15, -0.1) is 0 Å². The van der Waals surface area contributed by atoms with Crippen molar-refractivity contribution in [3.05, 3.63) is 11.9 Å². The number of nitrogens with two attached hydrogens (primary N) is 1. The molecule has 3 N–H and O–H groups in total. The maximum atomic E-state index is 12.0. The lowest BCUT2D eigenvalue weighted by molar-refractivity contribution is 0.0932. The maximum Gasteiger partial charge on any atom is 0.271 e. The molecule has 100 valence electrons. The van der Waals surface area contributed by atoms with Crippen molar-refractivity contribution in [2.45, 2.75) is 32.6 Å². The van der Waals surface area contributed by atoms with Gasteiger partial charge in [0.1, 0.15) is 5.69 Å². The zero-order valence-electron chi connectivity index (χ0n) is 11.1. The first-order chi connectivity index (χ1) is 8.58. The lowest BCUT2D eigenvalue weighted by atomic mass is 9.82. The Hall–Kier alpha value is -1.52. The molecule has 0 bridgehead atoms. The van der Waals surface area contributed by atoms with Crippen molar-refractivity contribution in [2.75, 3.05) is 12.3 Å². The monoisotopic (exact) mass is 250 g/mol. The van der Waals surface area contributed by atoms with E-state index in [0.29, 0.717) is 17.3 Å². The predicted molar refractivity (Wildman–Crippen MR) is 71.1 cm³/mol. The molecule has 0 radical (unpaired) electrons. The number of hydrogen-bond acceptors (Lipinski definition) is 3. The average Bonchev–Trinajstić information content (AvgIpc) is 2.66. The third-order valence-electron chi connectivity index (χ3n) is 3.78. The van der Waals surface area contributed by atoms with Crippen LogP contribution in [-0.2, 0) is 7.05 Å². The lowest BCUT2D eigenvalue weighted by Crippen LogP contribution is -2.33. The van der Waals surface area contributed by atoms with Crippen LogP contribution >= 0.6 is 0 Å². The van der Waals surface area contributed by atoms with Crippen LogP contribution in [-0.4, -0.2) is 22.2 Å². The second kappa shape index (κ2) is 5.42. The number of aryl methyl sites for hydroxylation is 1. The van der Waals surface area contributed by atoms with Gasteiger partial charge in [-0.3, -0.25) is 9.48 Å². The number of hydrogen-bond donors (Lipinski definition) is 2. The van der Waals surface area contributed by atoms with Crippen molar-refractivity contribution >= 4 is 11.6 Å². The largest absolute Gasteiger partial charge is 0.396 e. The molecular formula is C13H22N4O. The van der Waals surface area contributed by atoms with Gasteiger partial charge in [0.2, 0.25) is 0 Å². The Balaban J connectivity index is 1.88. The smallest absolute Gasteiger partial charge is 0.271 e. The van der Waals surface area contributed by atoms with Crippen LogP contribution in [0, 0.1) is 11.8 Å². The number of nitrogens with one attached hydrogen (secondary N) is 1. The molecule has 0 aromatic carbocycles. The van der Waals surface area contributed by atoms with Gasteiger partial charge < -0.3 is 11.1 Å². The van der Waals surface area contributed by atoms with Gasteiger partial charge in [0, 0.05) is 13.6 Å². The van der Waals surface area contributed by atoms with Gasteiger partial charge in [-0.1, -0.05) is 19.8 Å². The Morgan fingerprint density at radius 1 is 1.61 bits per heavy atom. The summed E-state index contributed by atoms with van der Waals surface area (Å²) < 4.78 is 1.52. The summed E-state index contributed by atoms with van der Waals surface area (Å²) in [6.07, 6.45) is 6.53. The third-order valence-corrected chi connectivity index (χ3v) is 3.78. The summed E-state index contributed by atoms with van der Waals surface area (Å²) in [7, 11) is 1.73. The van der Waals surface area contributed by atoms with E-state index in [9.17, 15) is 4.79 Å². The minimum absolute atomic E-state index is 0.120. The number of rotatable bonds is 3. The van der Waals surface area contributed by atoms with Gasteiger partial charge in [-0.2, -0.15) is 5.10 Å².